The monoisotopic (exact) mass is 267 g/mol. The van der Waals surface area contributed by atoms with E-state index in [1.807, 2.05) is 0 Å². The molecule has 102 valence electrons. The van der Waals surface area contributed by atoms with Gasteiger partial charge in [0.1, 0.15) is 0 Å². The molecule has 1 rings (SSSR count). The molecule has 0 aromatic carbocycles. The third-order valence-electron chi connectivity index (χ3n) is 3.47. The van der Waals surface area contributed by atoms with Crippen molar-refractivity contribution in [1.82, 2.24) is 0 Å². The van der Waals surface area contributed by atoms with Gasteiger partial charge in [0.15, 0.2) is 0 Å². The molecule has 0 aromatic heterocycles. The Balaban J connectivity index is 3.06. The summed E-state index contributed by atoms with van der Waals surface area (Å²) in [6, 6.07) is 0. The summed E-state index contributed by atoms with van der Waals surface area (Å²) in [5, 5.41) is 0. The van der Waals surface area contributed by atoms with Gasteiger partial charge in [-0.15, -0.1) is 0 Å². The van der Waals surface area contributed by atoms with Gasteiger partial charge in [0, 0.05) is 5.92 Å². The first-order chi connectivity index (χ1) is 7.31. The molecule has 2 N–H and O–H groups in total. The van der Waals surface area contributed by atoms with E-state index in [2.05, 4.69) is 0 Å². The minimum absolute atomic E-state index is 0.346. The highest BCUT2D eigenvalue weighted by Crippen LogP contribution is 2.68. The lowest BCUT2D eigenvalue weighted by Gasteiger charge is -2.29. The molecule has 0 spiro atoms. The summed E-state index contributed by atoms with van der Waals surface area (Å²) in [7, 11) is 0. The Morgan fingerprint density at radius 1 is 1.00 bits per heavy atom. The van der Waals surface area contributed by atoms with Crippen molar-refractivity contribution in [1.29, 1.82) is 0 Å². The van der Waals surface area contributed by atoms with Crippen LogP contribution in [0.1, 0.15) is 13.8 Å². The Morgan fingerprint density at radius 3 is 1.65 bits per heavy atom. The van der Waals surface area contributed by atoms with Crippen molar-refractivity contribution in [2.24, 2.45) is 23.0 Å². The van der Waals surface area contributed by atoms with E-state index in [1.54, 1.807) is 0 Å². The first-order valence-corrected chi connectivity index (χ1v) is 4.84. The van der Waals surface area contributed by atoms with Gasteiger partial charge in [-0.25, -0.2) is 0 Å². The summed E-state index contributed by atoms with van der Waals surface area (Å²) >= 11 is 0. The average Bonchev–Trinajstić information content (AvgIpc) is 2.66. The van der Waals surface area contributed by atoms with Crippen molar-refractivity contribution in [3.63, 3.8) is 0 Å². The van der Waals surface area contributed by atoms with Crippen molar-refractivity contribution in [2.45, 2.75) is 31.9 Å². The van der Waals surface area contributed by atoms with E-state index >= 15 is 0 Å². The van der Waals surface area contributed by atoms with E-state index in [4.69, 9.17) is 5.73 Å². The van der Waals surface area contributed by atoms with Crippen LogP contribution in [0.15, 0.2) is 0 Å². The Labute approximate surface area is 93.2 Å². The van der Waals surface area contributed by atoms with Crippen LogP contribution in [-0.4, -0.2) is 24.6 Å². The molecule has 1 saturated carbocycles. The molecule has 17 heavy (non-hydrogen) atoms. The molecule has 1 nitrogen and oxygen atoms in total. The maximum atomic E-state index is 13.3. The van der Waals surface area contributed by atoms with Gasteiger partial charge in [0.25, 0.3) is 0 Å². The summed E-state index contributed by atoms with van der Waals surface area (Å²) in [5.74, 6) is -14.3. The zero-order valence-corrected chi connectivity index (χ0v) is 9.08. The summed E-state index contributed by atoms with van der Waals surface area (Å²) < 4.78 is 87.9. The van der Waals surface area contributed by atoms with E-state index in [1.165, 1.54) is 13.8 Å². The maximum Gasteiger partial charge on any atom is 0.459 e. The van der Waals surface area contributed by atoms with E-state index in [-0.39, 0.29) is 6.54 Å². The fourth-order valence-corrected chi connectivity index (χ4v) is 2.29. The second-order valence-electron chi connectivity index (χ2n) is 4.84. The molecule has 1 fully saturated rings. The second-order valence-corrected chi connectivity index (χ2v) is 4.84. The van der Waals surface area contributed by atoms with Gasteiger partial charge in [-0.2, -0.15) is 30.7 Å². The fourth-order valence-electron chi connectivity index (χ4n) is 2.29. The third kappa shape index (κ3) is 1.80. The third-order valence-corrected chi connectivity index (χ3v) is 3.47. The highest BCUT2D eigenvalue weighted by atomic mass is 19.4. The Bertz CT molecular complexity index is 307. The SMILES string of the molecule is CC1(C)C(CN)C1C(F)(F)C(F)(F)C(F)(F)F. The predicted octanol–water partition coefficient (Wildman–Crippen LogP) is 3.05. The average molecular weight is 267 g/mol. The Kier molecular flexibility index (Phi) is 2.98. The van der Waals surface area contributed by atoms with Crippen LogP contribution < -0.4 is 5.73 Å². The van der Waals surface area contributed by atoms with Gasteiger partial charge in [0.05, 0.1) is 0 Å². The van der Waals surface area contributed by atoms with Crippen molar-refractivity contribution in [3.8, 4) is 0 Å². The highest BCUT2D eigenvalue weighted by molar-refractivity contribution is 5.15. The Hall–Kier alpha value is -0.530. The Morgan fingerprint density at radius 2 is 1.41 bits per heavy atom. The molecule has 2 atom stereocenters. The number of hydrogen-bond donors (Lipinski definition) is 1. The van der Waals surface area contributed by atoms with Crippen LogP contribution in [0.25, 0.3) is 0 Å². The summed E-state index contributed by atoms with van der Waals surface area (Å²) in [4.78, 5) is 0. The zero-order valence-electron chi connectivity index (χ0n) is 9.08. The molecule has 0 bridgehead atoms. The summed E-state index contributed by atoms with van der Waals surface area (Å²) in [6.07, 6.45) is -6.27. The number of rotatable bonds is 3. The first kappa shape index (κ1) is 14.5. The molecule has 0 aliphatic heterocycles. The quantitative estimate of drug-likeness (QED) is 0.781. The van der Waals surface area contributed by atoms with Crippen LogP contribution in [0.5, 0.6) is 0 Å². The largest absolute Gasteiger partial charge is 0.459 e. The van der Waals surface area contributed by atoms with Gasteiger partial charge in [-0.3, -0.25) is 0 Å². The lowest BCUT2D eigenvalue weighted by atomic mass is 10.00. The molecular formula is C9H12F7N. The van der Waals surface area contributed by atoms with Crippen LogP contribution in [0.2, 0.25) is 0 Å². The maximum absolute atomic E-state index is 13.3. The van der Waals surface area contributed by atoms with E-state index in [0.29, 0.717) is 0 Å². The molecule has 0 aromatic rings. The molecular weight excluding hydrogens is 255 g/mol. The fraction of sp³-hybridized carbons (Fsp3) is 1.00. The van der Waals surface area contributed by atoms with Crippen LogP contribution >= 0.6 is 0 Å². The van der Waals surface area contributed by atoms with Crippen LogP contribution in [-0.2, 0) is 0 Å². The van der Waals surface area contributed by atoms with Gasteiger partial charge in [-0.05, 0) is 17.9 Å². The van der Waals surface area contributed by atoms with Crippen LogP contribution in [0.4, 0.5) is 30.7 Å². The predicted molar refractivity (Wildman–Crippen MR) is 45.8 cm³/mol. The van der Waals surface area contributed by atoms with E-state index in [0.717, 1.165) is 0 Å². The molecule has 1 aliphatic carbocycles. The van der Waals surface area contributed by atoms with Gasteiger partial charge < -0.3 is 5.73 Å². The number of alkyl halides is 7. The van der Waals surface area contributed by atoms with Crippen molar-refractivity contribution < 1.29 is 30.7 Å². The normalized spacial score (nSPS) is 29.3. The highest BCUT2D eigenvalue weighted by Gasteiger charge is 2.82. The van der Waals surface area contributed by atoms with Crippen LogP contribution in [0.3, 0.4) is 0 Å². The summed E-state index contributed by atoms with van der Waals surface area (Å²) in [6.45, 7) is 2.06. The molecule has 0 heterocycles. The first-order valence-electron chi connectivity index (χ1n) is 4.84. The molecule has 0 amide bonds. The molecule has 1 aliphatic rings. The van der Waals surface area contributed by atoms with E-state index in [9.17, 15) is 30.7 Å². The summed E-state index contributed by atoms with van der Waals surface area (Å²) in [5.41, 5.74) is 3.78. The molecule has 0 saturated heterocycles. The lowest BCUT2D eigenvalue weighted by Crippen LogP contribution is -2.54. The number of halogens is 7. The number of nitrogens with two attached hydrogens (primary N) is 1. The van der Waals surface area contributed by atoms with Crippen molar-refractivity contribution in [2.75, 3.05) is 6.54 Å². The van der Waals surface area contributed by atoms with Gasteiger partial charge in [-0.1, -0.05) is 13.8 Å². The molecule has 2 unspecified atom stereocenters. The minimum atomic E-state index is -6.27. The minimum Gasteiger partial charge on any atom is -0.330 e. The smallest absolute Gasteiger partial charge is 0.330 e. The topological polar surface area (TPSA) is 26.0 Å². The van der Waals surface area contributed by atoms with E-state index < -0.39 is 35.3 Å². The lowest BCUT2D eigenvalue weighted by molar-refractivity contribution is -0.361. The molecule has 0 radical (unpaired) electrons. The van der Waals surface area contributed by atoms with Crippen molar-refractivity contribution >= 4 is 0 Å². The van der Waals surface area contributed by atoms with Crippen LogP contribution in [0, 0.1) is 17.3 Å². The van der Waals surface area contributed by atoms with Crippen molar-refractivity contribution in [3.05, 3.63) is 0 Å². The van der Waals surface area contributed by atoms with Gasteiger partial charge >= 0.3 is 18.0 Å². The molecule has 8 heteroatoms. The number of hydrogen-bond acceptors (Lipinski definition) is 1. The second kappa shape index (κ2) is 3.49. The standard InChI is InChI=1S/C9H12F7N/c1-6(2)4(3-17)5(6)7(10,11)8(12,13)9(14,15)16/h4-5H,3,17H2,1-2H3. The van der Waals surface area contributed by atoms with Gasteiger partial charge in [0.2, 0.25) is 0 Å². The zero-order chi connectivity index (χ0) is 13.9.